The van der Waals surface area contributed by atoms with Gasteiger partial charge in [-0.1, -0.05) is 12.1 Å². The van der Waals surface area contributed by atoms with Crippen LogP contribution in [0.25, 0.3) is 0 Å². The van der Waals surface area contributed by atoms with Crippen LogP contribution in [0.4, 0.5) is 11.4 Å². The summed E-state index contributed by atoms with van der Waals surface area (Å²) in [5, 5.41) is 14.6. The third-order valence-corrected chi connectivity index (χ3v) is 4.05. The predicted octanol–water partition coefficient (Wildman–Crippen LogP) is 4.07. The topological polar surface area (TPSA) is 91.2 Å². The first-order valence-corrected chi connectivity index (χ1v) is 8.46. The van der Waals surface area contributed by atoms with Crippen molar-refractivity contribution >= 4 is 23.2 Å². The Kier molecular flexibility index (Phi) is 5.68. The Morgan fingerprint density at radius 3 is 1.96 bits per heavy atom. The van der Waals surface area contributed by atoms with Gasteiger partial charge in [-0.25, -0.2) is 0 Å². The summed E-state index contributed by atoms with van der Waals surface area (Å²) in [5.74, 6) is 0.0584. The van der Waals surface area contributed by atoms with Crippen LogP contribution >= 0.6 is 0 Å². The normalized spacial score (nSPS) is 9.86. The minimum absolute atomic E-state index is 0.285. The van der Waals surface area contributed by atoms with Crippen LogP contribution in [0.15, 0.2) is 72.8 Å². The highest BCUT2D eigenvalue weighted by atomic mass is 16.5. The molecule has 0 radical (unpaired) electrons. The molecule has 0 spiro atoms. The van der Waals surface area contributed by atoms with E-state index >= 15 is 0 Å². The van der Waals surface area contributed by atoms with Crippen LogP contribution in [0, 0.1) is 11.3 Å². The van der Waals surface area contributed by atoms with Gasteiger partial charge >= 0.3 is 0 Å². The average Bonchev–Trinajstić information content (AvgIpc) is 2.74. The van der Waals surface area contributed by atoms with E-state index < -0.39 is 0 Å². The standard InChI is InChI=1S/C22H17N3O3/c1-28-19-12-10-18(11-13-19)24-21(26)15-6-8-16(9-7-15)22(27)25-20-5-3-2-4-17(20)14-23/h2-13H,1H3,(H,24,26)(H,25,27). The van der Waals surface area contributed by atoms with Crippen molar-refractivity contribution in [1.29, 1.82) is 5.26 Å². The van der Waals surface area contributed by atoms with Crippen LogP contribution in [-0.2, 0) is 0 Å². The van der Waals surface area contributed by atoms with Crippen LogP contribution in [0.2, 0.25) is 0 Å². The number of amides is 2. The maximum Gasteiger partial charge on any atom is 0.255 e. The Morgan fingerprint density at radius 2 is 1.39 bits per heavy atom. The Hall–Kier alpha value is -4.11. The minimum Gasteiger partial charge on any atom is -0.497 e. The van der Waals surface area contributed by atoms with Crippen LogP contribution in [-0.4, -0.2) is 18.9 Å². The largest absolute Gasteiger partial charge is 0.497 e. The maximum absolute atomic E-state index is 12.4. The molecule has 28 heavy (non-hydrogen) atoms. The number of benzene rings is 3. The molecule has 0 atom stereocenters. The lowest BCUT2D eigenvalue weighted by Crippen LogP contribution is -2.14. The number of nitrogens with zero attached hydrogens (tertiary/aromatic N) is 1. The maximum atomic E-state index is 12.4. The van der Waals surface area contributed by atoms with Crippen molar-refractivity contribution in [2.75, 3.05) is 17.7 Å². The molecule has 138 valence electrons. The van der Waals surface area contributed by atoms with E-state index in [0.29, 0.717) is 33.8 Å². The molecule has 0 aliphatic heterocycles. The molecular weight excluding hydrogens is 354 g/mol. The molecule has 0 aliphatic rings. The lowest BCUT2D eigenvalue weighted by molar-refractivity contribution is 0.101. The summed E-state index contributed by atoms with van der Waals surface area (Å²) in [4.78, 5) is 24.7. The third kappa shape index (κ3) is 4.34. The molecule has 0 fully saturated rings. The van der Waals surface area contributed by atoms with E-state index in [1.165, 1.54) is 0 Å². The number of rotatable bonds is 5. The monoisotopic (exact) mass is 371 g/mol. The summed E-state index contributed by atoms with van der Waals surface area (Å²) in [5.41, 5.74) is 2.27. The van der Waals surface area contributed by atoms with Gasteiger partial charge in [0.2, 0.25) is 0 Å². The number of nitrogens with one attached hydrogen (secondary N) is 2. The number of carbonyl (C=O) groups excluding carboxylic acids is 2. The Bertz CT molecular complexity index is 1040. The predicted molar refractivity (Wildman–Crippen MR) is 106 cm³/mol. The van der Waals surface area contributed by atoms with Crippen molar-refractivity contribution in [1.82, 2.24) is 0 Å². The molecule has 0 bridgehead atoms. The molecule has 6 heteroatoms. The van der Waals surface area contributed by atoms with E-state index in [-0.39, 0.29) is 11.8 Å². The van der Waals surface area contributed by atoms with Gasteiger partial charge in [0.05, 0.1) is 18.4 Å². The number of para-hydroxylation sites is 1. The molecule has 3 rings (SSSR count). The summed E-state index contributed by atoms with van der Waals surface area (Å²) in [6, 6.07) is 22.0. The molecule has 0 heterocycles. The lowest BCUT2D eigenvalue weighted by atomic mass is 10.1. The molecule has 0 saturated carbocycles. The summed E-state index contributed by atoms with van der Waals surface area (Å²) in [6.45, 7) is 0. The number of carbonyl (C=O) groups is 2. The van der Waals surface area contributed by atoms with E-state index in [4.69, 9.17) is 10.00 Å². The van der Waals surface area contributed by atoms with Gasteiger partial charge in [0.1, 0.15) is 11.8 Å². The van der Waals surface area contributed by atoms with E-state index in [9.17, 15) is 9.59 Å². The van der Waals surface area contributed by atoms with Crippen molar-refractivity contribution in [2.24, 2.45) is 0 Å². The Balaban J connectivity index is 1.67. The summed E-state index contributed by atoms with van der Waals surface area (Å²) >= 11 is 0. The molecule has 0 aliphatic carbocycles. The third-order valence-electron chi connectivity index (χ3n) is 4.05. The van der Waals surface area contributed by atoms with E-state index in [1.54, 1.807) is 79.9 Å². The smallest absolute Gasteiger partial charge is 0.255 e. The van der Waals surface area contributed by atoms with Gasteiger partial charge in [-0.2, -0.15) is 5.26 Å². The first-order chi connectivity index (χ1) is 13.6. The number of ether oxygens (including phenoxy) is 1. The molecule has 6 nitrogen and oxygen atoms in total. The highest BCUT2D eigenvalue weighted by Crippen LogP contribution is 2.17. The number of hydrogen-bond acceptors (Lipinski definition) is 4. The zero-order chi connectivity index (χ0) is 19.9. The van der Waals surface area contributed by atoms with Gasteiger partial charge in [0.15, 0.2) is 0 Å². The van der Waals surface area contributed by atoms with Crippen molar-refractivity contribution in [2.45, 2.75) is 0 Å². The summed E-state index contributed by atoms with van der Waals surface area (Å²) in [6.07, 6.45) is 0. The van der Waals surface area contributed by atoms with Crippen molar-refractivity contribution in [3.63, 3.8) is 0 Å². The molecule has 0 aromatic heterocycles. The fourth-order valence-electron chi connectivity index (χ4n) is 2.53. The first-order valence-electron chi connectivity index (χ1n) is 8.46. The highest BCUT2D eigenvalue weighted by molar-refractivity contribution is 6.07. The van der Waals surface area contributed by atoms with Crippen LogP contribution in [0.1, 0.15) is 26.3 Å². The molecule has 0 unspecified atom stereocenters. The molecule has 2 N–H and O–H groups in total. The van der Waals surface area contributed by atoms with Crippen LogP contribution in [0.3, 0.4) is 0 Å². The Labute approximate surface area is 162 Å². The van der Waals surface area contributed by atoms with E-state index in [0.717, 1.165) is 0 Å². The SMILES string of the molecule is COc1ccc(NC(=O)c2ccc(C(=O)Nc3ccccc3C#N)cc2)cc1. The lowest BCUT2D eigenvalue weighted by Gasteiger charge is -2.08. The number of methoxy groups -OCH3 is 1. The molecule has 3 aromatic rings. The number of hydrogen-bond donors (Lipinski definition) is 2. The van der Waals surface area contributed by atoms with Gasteiger partial charge in [-0.15, -0.1) is 0 Å². The molecule has 0 saturated heterocycles. The fraction of sp³-hybridized carbons (Fsp3) is 0.0455. The quantitative estimate of drug-likeness (QED) is 0.707. The fourth-order valence-corrected chi connectivity index (χ4v) is 2.53. The number of anilines is 2. The second kappa shape index (κ2) is 8.52. The molecule has 3 aromatic carbocycles. The van der Waals surface area contributed by atoms with Crippen molar-refractivity contribution in [3.05, 3.63) is 89.5 Å². The number of nitriles is 1. The minimum atomic E-state index is -0.357. The van der Waals surface area contributed by atoms with Crippen molar-refractivity contribution in [3.8, 4) is 11.8 Å². The van der Waals surface area contributed by atoms with Crippen molar-refractivity contribution < 1.29 is 14.3 Å². The second-order valence-electron chi connectivity index (χ2n) is 5.87. The first kappa shape index (κ1) is 18.7. The van der Waals surface area contributed by atoms with Crippen LogP contribution in [0.5, 0.6) is 5.75 Å². The van der Waals surface area contributed by atoms with Gasteiger partial charge in [0, 0.05) is 16.8 Å². The molecular formula is C22H17N3O3. The zero-order valence-electron chi connectivity index (χ0n) is 15.1. The summed E-state index contributed by atoms with van der Waals surface area (Å²) < 4.78 is 5.08. The Morgan fingerprint density at radius 1 is 0.821 bits per heavy atom. The van der Waals surface area contributed by atoms with Gasteiger partial charge in [0.25, 0.3) is 11.8 Å². The van der Waals surface area contributed by atoms with Gasteiger partial charge in [-0.05, 0) is 60.7 Å². The van der Waals surface area contributed by atoms with Crippen LogP contribution < -0.4 is 15.4 Å². The van der Waals surface area contributed by atoms with Gasteiger partial charge in [-0.3, -0.25) is 9.59 Å². The molecule has 2 amide bonds. The zero-order valence-corrected chi connectivity index (χ0v) is 15.1. The van der Waals surface area contributed by atoms with Gasteiger partial charge < -0.3 is 15.4 Å². The van der Waals surface area contributed by atoms with E-state index in [2.05, 4.69) is 10.6 Å². The summed E-state index contributed by atoms with van der Waals surface area (Å²) in [7, 11) is 1.57. The average molecular weight is 371 g/mol. The highest BCUT2D eigenvalue weighted by Gasteiger charge is 2.11. The van der Waals surface area contributed by atoms with E-state index in [1.807, 2.05) is 6.07 Å². The second-order valence-corrected chi connectivity index (χ2v) is 5.87.